The number of carbonyl (C=O) groups is 2. The predicted octanol–water partition coefficient (Wildman–Crippen LogP) is 4.76. The fourth-order valence-electron chi connectivity index (χ4n) is 3.51. The van der Waals surface area contributed by atoms with Gasteiger partial charge in [-0.25, -0.2) is 0 Å². The summed E-state index contributed by atoms with van der Waals surface area (Å²) in [6.45, 7) is 1.11. The van der Waals surface area contributed by atoms with Gasteiger partial charge in [-0.05, 0) is 29.3 Å². The minimum atomic E-state index is -4.44. The fourth-order valence-corrected chi connectivity index (χ4v) is 3.51. The summed E-state index contributed by atoms with van der Waals surface area (Å²) >= 11 is 0. The van der Waals surface area contributed by atoms with Gasteiger partial charge in [0.1, 0.15) is 0 Å². The van der Waals surface area contributed by atoms with Crippen molar-refractivity contribution in [2.75, 3.05) is 0 Å². The van der Waals surface area contributed by atoms with Gasteiger partial charge < -0.3 is 14.2 Å². The van der Waals surface area contributed by atoms with Crippen molar-refractivity contribution in [2.24, 2.45) is 0 Å². The van der Waals surface area contributed by atoms with E-state index in [0.29, 0.717) is 5.56 Å². The number of amides is 1. The zero-order chi connectivity index (χ0) is 23.6. The van der Waals surface area contributed by atoms with E-state index >= 15 is 0 Å². The van der Waals surface area contributed by atoms with Crippen LogP contribution in [0.15, 0.2) is 59.3 Å². The Hall–Kier alpha value is -3.95. The van der Waals surface area contributed by atoms with Gasteiger partial charge in [0.15, 0.2) is 6.61 Å². The van der Waals surface area contributed by atoms with Gasteiger partial charge in [0, 0.05) is 18.7 Å². The number of aromatic nitrogens is 2. The summed E-state index contributed by atoms with van der Waals surface area (Å²) in [6, 6.07) is 11.2. The molecule has 33 heavy (non-hydrogen) atoms. The molecule has 0 radical (unpaired) electrons. The molecule has 0 spiro atoms. The largest absolute Gasteiger partial charge is 0.455 e. The zero-order valence-corrected chi connectivity index (χ0v) is 17.4. The third kappa shape index (κ3) is 4.94. The lowest BCUT2D eigenvalue weighted by Crippen LogP contribution is -2.32. The summed E-state index contributed by atoms with van der Waals surface area (Å²) in [5.41, 5.74) is 1.27. The quantitative estimate of drug-likeness (QED) is 0.514. The summed E-state index contributed by atoms with van der Waals surface area (Å²) in [5.74, 6) is -0.725. The topological polar surface area (TPSA) is 85.5 Å². The standard InChI is InChI=1S/C23H18F3N3O4/c1-14(30)29-11-10-15-4-2-3-5-18(15)19(29)12-21(31)32-13-20-27-22(28-33-20)16-6-8-17(9-7-16)23(24,25)26/h2-11,19H,12-13H2,1H3. The van der Waals surface area contributed by atoms with E-state index in [-0.39, 0.29) is 30.7 Å². The van der Waals surface area contributed by atoms with Crippen LogP contribution in [0, 0.1) is 0 Å². The molecule has 0 saturated heterocycles. The van der Waals surface area contributed by atoms with Crippen LogP contribution in [0.2, 0.25) is 0 Å². The molecule has 4 rings (SSSR count). The molecule has 7 nitrogen and oxygen atoms in total. The molecule has 10 heteroatoms. The molecular formula is C23H18F3N3O4. The van der Waals surface area contributed by atoms with E-state index in [9.17, 15) is 22.8 Å². The molecule has 0 fully saturated rings. The molecule has 1 amide bonds. The van der Waals surface area contributed by atoms with Gasteiger partial charge in [-0.1, -0.05) is 41.6 Å². The van der Waals surface area contributed by atoms with E-state index in [1.165, 1.54) is 24.0 Å². The van der Waals surface area contributed by atoms with Crippen LogP contribution in [0.4, 0.5) is 13.2 Å². The first-order chi connectivity index (χ1) is 15.7. The van der Waals surface area contributed by atoms with E-state index in [4.69, 9.17) is 9.26 Å². The number of hydrogen-bond donors (Lipinski definition) is 0. The number of alkyl halides is 3. The predicted molar refractivity (Wildman–Crippen MR) is 110 cm³/mol. The van der Waals surface area contributed by atoms with Crippen molar-refractivity contribution in [2.45, 2.75) is 32.2 Å². The summed E-state index contributed by atoms with van der Waals surface area (Å²) < 4.78 is 48.4. The number of hydrogen-bond acceptors (Lipinski definition) is 6. The molecule has 1 unspecified atom stereocenters. The van der Waals surface area contributed by atoms with Gasteiger partial charge in [-0.15, -0.1) is 0 Å². The molecule has 1 aliphatic rings. The fraction of sp³-hybridized carbons (Fsp3) is 0.217. The van der Waals surface area contributed by atoms with E-state index in [0.717, 1.165) is 23.3 Å². The zero-order valence-electron chi connectivity index (χ0n) is 17.4. The first kappa shape index (κ1) is 22.3. The lowest BCUT2D eigenvalue weighted by atomic mass is 9.94. The second-order valence-electron chi connectivity index (χ2n) is 7.34. The third-order valence-electron chi connectivity index (χ3n) is 5.12. The van der Waals surface area contributed by atoms with E-state index in [2.05, 4.69) is 10.1 Å². The lowest BCUT2D eigenvalue weighted by molar-refractivity contribution is -0.147. The Bertz CT molecular complexity index is 1200. The van der Waals surface area contributed by atoms with Crippen LogP contribution >= 0.6 is 0 Å². The van der Waals surface area contributed by atoms with Crippen molar-refractivity contribution in [1.29, 1.82) is 0 Å². The molecule has 3 aromatic rings. The normalized spacial score (nSPS) is 15.3. The lowest BCUT2D eigenvalue weighted by Gasteiger charge is -2.32. The molecule has 1 aliphatic heterocycles. The second-order valence-corrected chi connectivity index (χ2v) is 7.34. The average Bonchev–Trinajstić information content (AvgIpc) is 3.26. The van der Waals surface area contributed by atoms with E-state index in [1.54, 1.807) is 12.3 Å². The maximum absolute atomic E-state index is 12.7. The van der Waals surface area contributed by atoms with Gasteiger partial charge in [0.25, 0.3) is 5.89 Å². The highest BCUT2D eigenvalue weighted by atomic mass is 19.4. The van der Waals surface area contributed by atoms with E-state index in [1.807, 2.05) is 24.3 Å². The first-order valence-electron chi connectivity index (χ1n) is 9.94. The van der Waals surface area contributed by atoms with Gasteiger partial charge in [-0.3, -0.25) is 9.59 Å². The molecule has 2 heterocycles. The molecule has 2 aromatic carbocycles. The maximum atomic E-state index is 12.7. The highest BCUT2D eigenvalue weighted by Gasteiger charge is 2.30. The smallest absolute Gasteiger partial charge is 0.416 e. The van der Waals surface area contributed by atoms with Crippen molar-refractivity contribution >= 4 is 18.0 Å². The highest BCUT2D eigenvalue weighted by molar-refractivity contribution is 5.80. The summed E-state index contributed by atoms with van der Waals surface area (Å²) in [4.78, 5) is 30.0. The van der Waals surface area contributed by atoms with E-state index < -0.39 is 23.8 Å². The number of esters is 1. The van der Waals surface area contributed by atoms with Crippen LogP contribution in [-0.4, -0.2) is 26.9 Å². The van der Waals surface area contributed by atoms with Crippen LogP contribution in [0.5, 0.6) is 0 Å². The van der Waals surface area contributed by atoms with Crippen molar-refractivity contribution < 1.29 is 32.0 Å². The summed E-state index contributed by atoms with van der Waals surface area (Å²) in [7, 11) is 0. The molecule has 0 bridgehead atoms. The molecule has 0 aliphatic carbocycles. The van der Waals surface area contributed by atoms with Gasteiger partial charge in [0.05, 0.1) is 18.0 Å². The monoisotopic (exact) mass is 457 g/mol. The Kier molecular flexibility index (Phi) is 5.99. The number of rotatable bonds is 5. The van der Waals surface area contributed by atoms with Gasteiger partial charge >= 0.3 is 12.1 Å². The number of benzene rings is 2. The van der Waals surface area contributed by atoms with Crippen molar-refractivity contribution in [3.63, 3.8) is 0 Å². The molecule has 1 atom stereocenters. The molecular weight excluding hydrogens is 439 g/mol. The molecule has 0 saturated carbocycles. The number of fused-ring (bicyclic) bond motifs is 1. The number of ether oxygens (including phenoxy) is 1. The highest BCUT2D eigenvalue weighted by Crippen LogP contribution is 2.33. The van der Waals surface area contributed by atoms with Crippen LogP contribution in [-0.2, 0) is 27.1 Å². The SMILES string of the molecule is CC(=O)N1C=Cc2ccccc2C1CC(=O)OCc1nc(-c2ccc(C(F)(F)F)cc2)no1. The summed E-state index contributed by atoms with van der Waals surface area (Å²) in [6.07, 6.45) is -1.08. The number of carbonyl (C=O) groups excluding carboxylic acids is 2. The van der Waals surface area contributed by atoms with Crippen LogP contribution in [0.25, 0.3) is 17.5 Å². The minimum Gasteiger partial charge on any atom is -0.455 e. The van der Waals surface area contributed by atoms with Crippen LogP contribution in [0.1, 0.15) is 42.0 Å². The van der Waals surface area contributed by atoms with Gasteiger partial charge in [0.2, 0.25) is 11.7 Å². The van der Waals surface area contributed by atoms with Crippen LogP contribution < -0.4 is 0 Å². The molecule has 170 valence electrons. The van der Waals surface area contributed by atoms with Crippen molar-refractivity contribution in [1.82, 2.24) is 15.0 Å². The number of halogens is 3. The van der Waals surface area contributed by atoms with Crippen molar-refractivity contribution in [3.8, 4) is 11.4 Å². The minimum absolute atomic E-state index is 0.00869. The van der Waals surface area contributed by atoms with Crippen molar-refractivity contribution in [3.05, 3.63) is 77.3 Å². The average molecular weight is 457 g/mol. The summed E-state index contributed by atoms with van der Waals surface area (Å²) in [5, 5.41) is 3.72. The Morgan fingerprint density at radius 2 is 1.85 bits per heavy atom. The van der Waals surface area contributed by atoms with Crippen LogP contribution in [0.3, 0.4) is 0 Å². The molecule has 1 aromatic heterocycles. The Morgan fingerprint density at radius 1 is 1.12 bits per heavy atom. The van der Waals surface area contributed by atoms with Gasteiger partial charge in [-0.2, -0.15) is 18.2 Å². The Morgan fingerprint density at radius 3 is 2.55 bits per heavy atom. The first-order valence-corrected chi connectivity index (χ1v) is 9.94. The molecule has 0 N–H and O–H groups in total. The maximum Gasteiger partial charge on any atom is 0.416 e. The Balaban J connectivity index is 1.40. The number of nitrogens with zero attached hydrogens (tertiary/aromatic N) is 3. The Labute approximate surface area is 186 Å². The second kappa shape index (κ2) is 8.89. The third-order valence-corrected chi connectivity index (χ3v) is 5.12.